The third-order valence-electron chi connectivity index (χ3n) is 5.00. The van der Waals surface area contributed by atoms with Crippen molar-refractivity contribution in [1.29, 1.82) is 0 Å². The highest BCUT2D eigenvalue weighted by Crippen LogP contribution is 2.30. The second-order valence-corrected chi connectivity index (χ2v) is 7.02. The van der Waals surface area contributed by atoms with Gasteiger partial charge in [0.2, 0.25) is 0 Å². The van der Waals surface area contributed by atoms with Gasteiger partial charge in [-0.25, -0.2) is 0 Å². The number of rotatable bonds is 5. The zero-order valence-corrected chi connectivity index (χ0v) is 17.2. The Bertz CT molecular complexity index is 925. The van der Waals surface area contributed by atoms with E-state index >= 15 is 0 Å². The third kappa shape index (κ3) is 6.08. The van der Waals surface area contributed by atoms with Crippen LogP contribution in [0.5, 0.6) is 5.75 Å². The van der Waals surface area contributed by atoms with Gasteiger partial charge in [-0.15, -0.1) is 0 Å². The average Bonchev–Trinajstić information content (AvgIpc) is 2.81. The fraction of sp³-hybridized carbons (Fsp3) is 0.143. The molecule has 4 aromatic rings. The van der Waals surface area contributed by atoms with Gasteiger partial charge in [0.05, 0.1) is 7.11 Å². The third-order valence-corrected chi connectivity index (χ3v) is 5.00. The van der Waals surface area contributed by atoms with Gasteiger partial charge in [-0.1, -0.05) is 116 Å². The molecule has 146 valence electrons. The van der Waals surface area contributed by atoms with Crippen LogP contribution >= 0.6 is 0 Å². The van der Waals surface area contributed by atoms with E-state index < -0.39 is 0 Å². The number of hydrogen-bond donors (Lipinski definition) is 0. The molecular formula is C28H28O. The summed E-state index contributed by atoms with van der Waals surface area (Å²) in [6, 6.07) is 39.7. The number of ether oxygens (including phenoxy) is 1. The molecule has 1 atom stereocenters. The summed E-state index contributed by atoms with van der Waals surface area (Å²) in [5.41, 5.74) is 5.28. The molecule has 0 heterocycles. The van der Waals surface area contributed by atoms with Crippen LogP contribution in [0.3, 0.4) is 0 Å². The van der Waals surface area contributed by atoms with Crippen LogP contribution in [0.4, 0.5) is 0 Å². The van der Waals surface area contributed by atoms with E-state index in [1.54, 1.807) is 7.11 Å². The topological polar surface area (TPSA) is 9.23 Å². The van der Waals surface area contributed by atoms with Crippen molar-refractivity contribution in [3.8, 4) is 5.75 Å². The maximum atomic E-state index is 5.39. The lowest BCUT2D eigenvalue weighted by molar-refractivity contribution is 0.408. The molecule has 0 spiro atoms. The van der Waals surface area contributed by atoms with E-state index in [1.165, 1.54) is 22.3 Å². The van der Waals surface area contributed by atoms with Crippen molar-refractivity contribution in [2.24, 2.45) is 0 Å². The zero-order valence-electron chi connectivity index (χ0n) is 17.2. The summed E-state index contributed by atoms with van der Waals surface area (Å²) < 4.78 is 5.39. The molecule has 1 nitrogen and oxygen atoms in total. The Labute approximate surface area is 174 Å². The molecule has 0 aliphatic heterocycles. The van der Waals surface area contributed by atoms with Crippen LogP contribution in [-0.4, -0.2) is 7.11 Å². The first kappa shape index (κ1) is 20.4. The largest absolute Gasteiger partial charge is 0.496 e. The summed E-state index contributed by atoms with van der Waals surface area (Å²) >= 11 is 0. The number of hydrogen-bond acceptors (Lipinski definition) is 1. The second kappa shape index (κ2) is 10.9. The molecule has 0 N–H and O–H groups in total. The summed E-state index contributed by atoms with van der Waals surface area (Å²) in [6.45, 7) is 2.20. The summed E-state index contributed by atoms with van der Waals surface area (Å²) in [6.07, 6.45) is 1.03. The minimum Gasteiger partial charge on any atom is -0.496 e. The predicted octanol–water partition coefficient (Wildman–Crippen LogP) is 7.12. The Morgan fingerprint density at radius 2 is 1.03 bits per heavy atom. The lowest BCUT2D eigenvalue weighted by atomic mass is 9.92. The Balaban J connectivity index is 0.000000169. The number of para-hydroxylation sites is 1. The van der Waals surface area contributed by atoms with Gasteiger partial charge in [-0.3, -0.25) is 0 Å². The Kier molecular flexibility index (Phi) is 7.65. The molecule has 4 rings (SSSR count). The van der Waals surface area contributed by atoms with Crippen LogP contribution < -0.4 is 4.74 Å². The SMILES string of the molecule is COc1ccccc1C(C)c1ccccc1.c1ccc(Cc2ccccc2)cc1. The predicted molar refractivity (Wildman–Crippen MR) is 123 cm³/mol. The molecular weight excluding hydrogens is 352 g/mol. The van der Waals surface area contributed by atoms with Crippen LogP contribution in [0.2, 0.25) is 0 Å². The lowest BCUT2D eigenvalue weighted by Gasteiger charge is -2.15. The van der Waals surface area contributed by atoms with E-state index in [-0.39, 0.29) is 0 Å². The van der Waals surface area contributed by atoms with Crippen molar-refractivity contribution >= 4 is 0 Å². The normalized spacial score (nSPS) is 11.1. The van der Waals surface area contributed by atoms with Gasteiger partial charge in [0.25, 0.3) is 0 Å². The van der Waals surface area contributed by atoms with Crippen molar-refractivity contribution < 1.29 is 4.74 Å². The van der Waals surface area contributed by atoms with Gasteiger partial charge in [-0.2, -0.15) is 0 Å². The molecule has 0 saturated carbocycles. The highest BCUT2D eigenvalue weighted by molar-refractivity contribution is 5.41. The Morgan fingerprint density at radius 1 is 0.586 bits per heavy atom. The monoisotopic (exact) mass is 380 g/mol. The summed E-state index contributed by atoms with van der Waals surface area (Å²) in [4.78, 5) is 0. The molecule has 0 bridgehead atoms. The van der Waals surface area contributed by atoms with E-state index in [0.717, 1.165) is 12.2 Å². The van der Waals surface area contributed by atoms with Gasteiger partial charge >= 0.3 is 0 Å². The maximum Gasteiger partial charge on any atom is 0.122 e. The average molecular weight is 381 g/mol. The number of benzene rings is 4. The minimum absolute atomic E-state index is 0.359. The molecule has 4 aromatic carbocycles. The summed E-state index contributed by atoms with van der Waals surface area (Å²) in [7, 11) is 1.72. The molecule has 0 saturated heterocycles. The van der Waals surface area contributed by atoms with Gasteiger partial charge in [-0.05, 0) is 29.2 Å². The minimum atomic E-state index is 0.359. The first-order chi connectivity index (χ1) is 14.3. The Morgan fingerprint density at radius 3 is 1.55 bits per heavy atom. The number of methoxy groups -OCH3 is 1. The van der Waals surface area contributed by atoms with Gasteiger partial charge in [0, 0.05) is 11.5 Å². The fourth-order valence-corrected chi connectivity index (χ4v) is 3.37. The molecule has 0 aliphatic rings. The first-order valence-electron chi connectivity index (χ1n) is 10.0. The van der Waals surface area contributed by atoms with Crippen molar-refractivity contribution in [3.63, 3.8) is 0 Å². The van der Waals surface area contributed by atoms with Crippen LogP contribution in [-0.2, 0) is 6.42 Å². The van der Waals surface area contributed by atoms with Gasteiger partial charge in [0.15, 0.2) is 0 Å². The molecule has 0 aromatic heterocycles. The van der Waals surface area contributed by atoms with Crippen LogP contribution in [0, 0.1) is 0 Å². The maximum absolute atomic E-state index is 5.39. The van der Waals surface area contributed by atoms with Crippen molar-refractivity contribution in [1.82, 2.24) is 0 Å². The standard InChI is InChI=1S/C15H16O.C13H12/c1-12(13-8-4-3-5-9-13)14-10-6-7-11-15(14)16-2;1-3-7-12(8-4-1)11-13-9-5-2-6-10-13/h3-12H,1-2H3;1-10H,11H2. The van der Waals surface area contributed by atoms with Crippen LogP contribution in [0.15, 0.2) is 115 Å². The highest BCUT2D eigenvalue weighted by Gasteiger charge is 2.12. The quantitative estimate of drug-likeness (QED) is 0.358. The smallest absolute Gasteiger partial charge is 0.122 e. The van der Waals surface area contributed by atoms with Crippen LogP contribution in [0.1, 0.15) is 35.1 Å². The van der Waals surface area contributed by atoms with E-state index in [0.29, 0.717) is 5.92 Å². The van der Waals surface area contributed by atoms with Crippen molar-refractivity contribution in [2.75, 3.05) is 7.11 Å². The zero-order chi connectivity index (χ0) is 20.3. The fourth-order valence-electron chi connectivity index (χ4n) is 3.37. The second-order valence-electron chi connectivity index (χ2n) is 7.02. The van der Waals surface area contributed by atoms with Gasteiger partial charge < -0.3 is 4.74 Å². The van der Waals surface area contributed by atoms with E-state index in [1.807, 2.05) is 18.2 Å². The van der Waals surface area contributed by atoms with Gasteiger partial charge in [0.1, 0.15) is 5.75 Å². The van der Waals surface area contributed by atoms with E-state index in [2.05, 4.69) is 104 Å². The molecule has 0 fully saturated rings. The highest BCUT2D eigenvalue weighted by atomic mass is 16.5. The first-order valence-corrected chi connectivity index (χ1v) is 10.0. The lowest BCUT2D eigenvalue weighted by Crippen LogP contribution is -1.98. The molecule has 29 heavy (non-hydrogen) atoms. The molecule has 1 heteroatoms. The van der Waals surface area contributed by atoms with E-state index in [9.17, 15) is 0 Å². The molecule has 1 unspecified atom stereocenters. The molecule has 0 aliphatic carbocycles. The van der Waals surface area contributed by atoms with Crippen molar-refractivity contribution in [3.05, 3.63) is 138 Å². The summed E-state index contributed by atoms with van der Waals surface area (Å²) in [5, 5.41) is 0. The van der Waals surface area contributed by atoms with E-state index in [4.69, 9.17) is 4.74 Å². The van der Waals surface area contributed by atoms with Crippen molar-refractivity contribution in [2.45, 2.75) is 19.3 Å². The Hall–Kier alpha value is -3.32. The summed E-state index contributed by atoms with van der Waals surface area (Å²) in [5.74, 6) is 1.32. The molecule has 0 radical (unpaired) electrons. The molecule has 0 amide bonds. The van der Waals surface area contributed by atoms with Crippen LogP contribution in [0.25, 0.3) is 0 Å².